The zero-order chi connectivity index (χ0) is 13.5. The number of carbonyl (C=O) groups excluding carboxylic acids is 2. The van der Waals surface area contributed by atoms with Crippen LogP contribution >= 0.6 is 0 Å². The van der Waals surface area contributed by atoms with Crippen molar-refractivity contribution in [3.8, 4) is 0 Å². The van der Waals surface area contributed by atoms with Gasteiger partial charge in [0.1, 0.15) is 12.2 Å². The largest absolute Gasteiger partial charge is 0.462 e. The lowest BCUT2D eigenvalue weighted by atomic mass is 10.2. The molecule has 0 saturated heterocycles. The van der Waals surface area contributed by atoms with Crippen LogP contribution in [0.25, 0.3) is 0 Å². The van der Waals surface area contributed by atoms with E-state index < -0.39 is 12.1 Å². The summed E-state index contributed by atoms with van der Waals surface area (Å²) in [6, 6.07) is 0. The van der Waals surface area contributed by atoms with E-state index in [0.29, 0.717) is 5.69 Å². The second-order valence-electron chi connectivity index (χ2n) is 3.20. The summed E-state index contributed by atoms with van der Waals surface area (Å²) in [5.74, 6) is -0.713. The van der Waals surface area contributed by atoms with E-state index in [1.165, 1.54) is 6.08 Å². The predicted molar refractivity (Wildman–Crippen MR) is 62.4 cm³/mol. The molecule has 1 N–H and O–H groups in total. The number of ether oxygens (including phenoxy) is 2. The molecule has 1 heterocycles. The third-order valence-corrected chi connectivity index (χ3v) is 1.89. The third-order valence-electron chi connectivity index (χ3n) is 1.89. The summed E-state index contributed by atoms with van der Waals surface area (Å²) < 4.78 is 14.3. The summed E-state index contributed by atoms with van der Waals surface area (Å²) in [7, 11) is 0. The number of nitrogens with one attached hydrogen (secondary N) is 1. The maximum Gasteiger partial charge on any atom is 0.414 e. The molecule has 0 aromatic carbocycles. The second kappa shape index (κ2) is 6.43. The maximum absolute atomic E-state index is 11.6. The summed E-state index contributed by atoms with van der Waals surface area (Å²) in [5, 5.41) is 5.85. The molecule has 1 aromatic rings. The Labute approximate surface area is 104 Å². The van der Waals surface area contributed by atoms with Crippen LogP contribution in [0.3, 0.4) is 0 Å². The van der Waals surface area contributed by atoms with Crippen molar-refractivity contribution in [3.05, 3.63) is 23.9 Å². The highest BCUT2D eigenvalue weighted by atomic mass is 16.6. The second-order valence-corrected chi connectivity index (χ2v) is 3.20. The average molecular weight is 254 g/mol. The molecule has 0 aliphatic rings. The predicted octanol–water partition coefficient (Wildman–Crippen LogP) is 1.89. The number of carbonyl (C=O) groups is 2. The molecule has 1 rings (SSSR count). The van der Waals surface area contributed by atoms with Gasteiger partial charge in [0.25, 0.3) is 0 Å². The summed E-state index contributed by atoms with van der Waals surface area (Å²) in [6.45, 7) is 6.90. The molecule has 0 unspecified atom stereocenters. The van der Waals surface area contributed by atoms with Crippen LogP contribution in [-0.2, 0) is 9.47 Å². The minimum absolute atomic E-state index is 0.0493. The maximum atomic E-state index is 11.6. The first-order valence-electron chi connectivity index (χ1n) is 5.28. The van der Waals surface area contributed by atoms with Crippen LogP contribution in [0.2, 0.25) is 0 Å². The van der Waals surface area contributed by atoms with E-state index in [2.05, 4.69) is 17.1 Å². The van der Waals surface area contributed by atoms with Crippen molar-refractivity contribution in [2.24, 2.45) is 0 Å². The Kier molecular flexibility index (Phi) is 4.91. The number of amides is 1. The average Bonchev–Trinajstić information content (AvgIpc) is 2.68. The fraction of sp³-hybridized carbons (Fsp3) is 0.364. The molecule has 0 aliphatic heterocycles. The van der Waals surface area contributed by atoms with Gasteiger partial charge in [-0.15, -0.1) is 0 Å². The van der Waals surface area contributed by atoms with Crippen LogP contribution < -0.4 is 5.32 Å². The van der Waals surface area contributed by atoms with Gasteiger partial charge >= 0.3 is 12.1 Å². The van der Waals surface area contributed by atoms with Crippen molar-refractivity contribution in [2.45, 2.75) is 13.8 Å². The van der Waals surface area contributed by atoms with Crippen molar-refractivity contribution >= 4 is 17.9 Å². The van der Waals surface area contributed by atoms with Gasteiger partial charge in [-0.3, -0.25) is 5.32 Å². The number of hydrogen-bond donors (Lipinski definition) is 1. The number of aromatic nitrogens is 1. The van der Waals surface area contributed by atoms with Crippen molar-refractivity contribution in [1.82, 2.24) is 5.16 Å². The Hall–Kier alpha value is -2.31. The zero-order valence-electron chi connectivity index (χ0n) is 10.2. The molecule has 0 bridgehead atoms. The minimum atomic E-state index is -0.767. The molecular formula is C11H14N2O5. The molecule has 1 amide bonds. The van der Waals surface area contributed by atoms with Crippen LogP contribution in [-0.4, -0.2) is 30.4 Å². The van der Waals surface area contributed by atoms with Gasteiger partial charge in [-0.2, -0.15) is 0 Å². The third kappa shape index (κ3) is 3.34. The number of anilines is 1. The molecule has 0 fully saturated rings. The van der Waals surface area contributed by atoms with Crippen molar-refractivity contribution < 1.29 is 23.6 Å². The topological polar surface area (TPSA) is 90.7 Å². The summed E-state index contributed by atoms with van der Waals surface area (Å²) in [6.07, 6.45) is 0.647. The monoisotopic (exact) mass is 254 g/mol. The first kappa shape index (κ1) is 13.8. The summed E-state index contributed by atoms with van der Waals surface area (Å²) in [4.78, 5) is 22.9. The Morgan fingerprint density at radius 1 is 1.50 bits per heavy atom. The van der Waals surface area contributed by atoms with Crippen LogP contribution in [0.1, 0.15) is 23.0 Å². The van der Waals surface area contributed by atoms with Crippen molar-refractivity contribution in [1.29, 1.82) is 0 Å². The molecule has 0 aliphatic carbocycles. The van der Waals surface area contributed by atoms with Gasteiger partial charge in [-0.05, 0) is 13.8 Å². The number of hydrogen-bond acceptors (Lipinski definition) is 6. The minimum Gasteiger partial charge on any atom is -0.462 e. The quantitative estimate of drug-likeness (QED) is 0.637. The van der Waals surface area contributed by atoms with E-state index in [1.807, 2.05) is 0 Å². The molecule has 1 aromatic heterocycles. The number of aryl methyl sites for hydroxylation is 1. The Morgan fingerprint density at radius 3 is 2.83 bits per heavy atom. The first-order chi connectivity index (χ1) is 8.60. The smallest absolute Gasteiger partial charge is 0.414 e. The number of nitrogens with zero attached hydrogens (tertiary/aromatic N) is 1. The Balaban J connectivity index is 2.80. The highest BCUT2D eigenvalue weighted by molar-refractivity contribution is 5.98. The molecule has 7 heteroatoms. The SMILES string of the molecule is C=CCOC(=O)Nc1onc(C)c1C(=O)OCC. The fourth-order valence-corrected chi connectivity index (χ4v) is 1.16. The van der Waals surface area contributed by atoms with E-state index in [0.717, 1.165) is 0 Å². The molecular weight excluding hydrogens is 240 g/mol. The van der Waals surface area contributed by atoms with E-state index in [1.54, 1.807) is 13.8 Å². The Morgan fingerprint density at radius 2 is 2.22 bits per heavy atom. The van der Waals surface area contributed by atoms with Gasteiger partial charge in [-0.1, -0.05) is 17.8 Å². The van der Waals surface area contributed by atoms with Crippen LogP contribution in [0.15, 0.2) is 17.2 Å². The lowest BCUT2D eigenvalue weighted by Crippen LogP contribution is -2.16. The highest BCUT2D eigenvalue weighted by Gasteiger charge is 2.23. The zero-order valence-corrected chi connectivity index (χ0v) is 10.2. The molecule has 0 spiro atoms. The molecule has 18 heavy (non-hydrogen) atoms. The molecule has 0 radical (unpaired) electrons. The van der Waals surface area contributed by atoms with Gasteiger partial charge in [0.05, 0.1) is 12.3 Å². The van der Waals surface area contributed by atoms with Crippen LogP contribution in [0.5, 0.6) is 0 Å². The van der Waals surface area contributed by atoms with E-state index in [4.69, 9.17) is 14.0 Å². The van der Waals surface area contributed by atoms with Gasteiger partial charge in [-0.25, -0.2) is 9.59 Å². The van der Waals surface area contributed by atoms with Crippen LogP contribution in [0.4, 0.5) is 10.7 Å². The molecule has 0 atom stereocenters. The van der Waals surface area contributed by atoms with E-state index in [-0.39, 0.29) is 24.7 Å². The molecule has 98 valence electrons. The van der Waals surface area contributed by atoms with Gasteiger partial charge in [0, 0.05) is 0 Å². The first-order valence-corrected chi connectivity index (χ1v) is 5.28. The summed E-state index contributed by atoms with van der Waals surface area (Å²) in [5.41, 5.74) is 0.403. The van der Waals surface area contributed by atoms with E-state index in [9.17, 15) is 9.59 Å². The van der Waals surface area contributed by atoms with Gasteiger partial charge in [0.2, 0.25) is 5.88 Å². The summed E-state index contributed by atoms with van der Waals surface area (Å²) >= 11 is 0. The molecule has 7 nitrogen and oxygen atoms in total. The van der Waals surface area contributed by atoms with Crippen molar-refractivity contribution in [2.75, 3.05) is 18.5 Å². The normalized spacial score (nSPS) is 9.67. The van der Waals surface area contributed by atoms with E-state index >= 15 is 0 Å². The Bertz CT molecular complexity index is 452. The van der Waals surface area contributed by atoms with Gasteiger partial charge < -0.3 is 14.0 Å². The molecule has 0 saturated carbocycles. The fourth-order valence-electron chi connectivity index (χ4n) is 1.16. The van der Waals surface area contributed by atoms with Gasteiger partial charge in [0.15, 0.2) is 0 Å². The van der Waals surface area contributed by atoms with Crippen molar-refractivity contribution in [3.63, 3.8) is 0 Å². The standard InChI is InChI=1S/C11H14N2O5/c1-4-6-17-11(15)12-9-8(7(3)13-18-9)10(14)16-5-2/h4H,1,5-6H2,2-3H3,(H,12,15). The van der Waals surface area contributed by atoms with Crippen LogP contribution in [0, 0.1) is 6.92 Å². The number of esters is 1. The lowest BCUT2D eigenvalue weighted by molar-refractivity contribution is 0.0526. The lowest BCUT2D eigenvalue weighted by Gasteiger charge is -2.04. The number of rotatable bonds is 5. The highest BCUT2D eigenvalue weighted by Crippen LogP contribution is 2.20.